The Morgan fingerprint density at radius 3 is 2.53 bits per heavy atom. The van der Waals surface area contributed by atoms with Crippen LogP contribution >= 0.6 is 0 Å². The number of hydrogen-bond acceptors (Lipinski definition) is 7. The lowest BCUT2D eigenvalue weighted by atomic mass is 9.99. The topological polar surface area (TPSA) is 113 Å². The van der Waals surface area contributed by atoms with Crippen LogP contribution in [0.1, 0.15) is 24.2 Å². The summed E-state index contributed by atoms with van der Waals surface area (Å²) in [6.45, 7) is 3.80. The van der Waals surface area contributed by atoms with Gasteiger partial charge in [0.2, 0.25) is 15.9 Å². The quantitative estimate of drug-likeness (QED) is 0.520. The summed E-state index contributed by atoms with van der Waals surface area (Å²) in [6, 6.07) is 13.1. The minimum absolute atomic E-state index is 0.0567. The van der Waals surface area contributed by atoms with E-state index in [-0.39, 0.29) is 47.9 Å². The Labute approximate surface area is 211 Å². The van der Waals surface area contributed by atoms with Crippen molar-refractivity contribution in [2.45, 2.75) is 30.9 Å². The Balaban J connectivity index is 1.71. The van der Waals surface area contributed by atoms with Crippen molar-refractivity contribution >= 4 is 15.9 Å². The number of rotatable bonds is 7. The van der Waals surface area contributed by atoms with Crippen molar-refractivity contribution < 1.29 is 23.1 Å². The van der Waals surface area contributed by atoms with E-state index in [4.69, 9.17) is 4.74 Å². The molecule has 1 N–H and O–H groups in total. The van der Waals surface area contributed by atoms with Crippen molar-refractivity contribution in [3.05, 3.63) is 72.7 Å². The van der Waals surface area contributed by atoms with Gasteiger partial charge in [-0.15, -0.1) is 0 Å². The zero-order chi connectivity index (χ0) is 25.9. The fourth-order valence-corrected chi connectivity index (χ4v) is 5.35. The molecule has 0 radical (unpaired) electrons. The first-order valence-corrected chi connectivity index (χ1v) is 13.2. The largest absolute Gasteiger partial charge is 0.472 e. The van der Waals surface area contributed by atoms with Gasteiger partial charge in [-0.2, -0.15) is 4.31 Å². The number of hydrogen-bond donors (Lipinski definition) is 1. The van der Waals surface area contributed by atoms with E-state index >= 15 is 0 Å². The van der Waals surface area contributed by atoms with Crippen LogP contribution in [0.5, 0.6) is 5.88 Å². The van der Waals surface area contributed by atoms with Gasteiger partial charge in [0, 0.05) is 43.7 Å². The molecule has 3 aromatic rings. The summed E-state index contributed by atoms with van der Waals surface area (Å²) in [5.41, 5.74) is 1.82. The molecule has 9 nitrogen and oxygen atoms in total. The van der Waals surface area contributed by atoms with E-state index < -0.39 is 22.2 Å². The molecule has 3 atom stereocenters. The smallest absolute Gasteiger partial charge is 0.259 e. The van der Waals surface area contributed by atoms with Crippen molar-refractivity contribution in [2.75, 3.05) is 26.7 Å². The van der Waals surface area contributed by atoms with Crippen LogP contribution in [-0.4, -0.2) is 77.5 Å². The summed E-state index contributed by atoms with van der Waals surface area (Å²) >= 11 is 0. The van der Waals surface area contributed by atoms with Gasteiger partial charge in [0.1, 0.15) is 11.7 Å². The molecule has 0 saturated carbocycles. The molecule has 1 aliphatic heterocycles. The van der Waals surface area contributed by atoms with E-state index in [1.54, 1.807) is 66.8 Å². The summed E-state index contributed by atoms with van der Waals surface area (Å²) in [6.07, 6.45) is 4.35. The van der Waals surface area contributed by atoms with Crippen LogP contribution in [0.2, 0.25) is 0 Å². The molecule has 2 aromatic heterocycles. The minimum Gasteiger partial charge on any atom is -0.472 e. The van der Waals surface area contributed by atoms with Gasteiger partial charge in [0.25, 0.3) is 5.91 Å². The highest BCUT2D eigenvalue weighted by atomic mass is 32.2. The molecule has 0 bridgehead atoms. The average Bonchev–Trinajstić information content (AvgIpc) is 2.90. The van der Waals surface area contributed by atoms with Crippen LogP contribution in [-0.2, 0) is 10.0 Å². The van der Waals surface area contributed by atoms with E-state index in [0.717, 1.165) is 11.1 Å². The van der Waals surface area contributed by atoms with Gasteiger partial charge >= 0.3 is 0 Å². The van der Waals surface area contributed by atoms with Gasteiger partial charge in [-0.3, -0.25) is 9.78 Å². The number of benzene rings is 1. The van der Waals surface area contributed by atoms with E-state index in [0.29, 0.717) is 0 Å². The van der Waals surface area contributed by atoms with Crippen molar-refractivity contribution in [1.82, 2.24) is 19.2 Å². The van der Waals surface area contributed by atoms with E-state index in [1.165, 1.54) is 11.4 Å². The fourth-order valence-electron chi connectivity index (χ4n) is 4.15. The number of nitrogens with zero attached hydrogens (tertiary/aromatic N) is 4. The number of ether oxygens (including phenoxy) is 1. The predicted octanol–water partition coefficient (Wildman–Crippen LogP) is 2.68. The van der Waals surface area contributed by atoms with Gasteiger partial charge in [0.15, 0.2) is 0 Å². The summed E-state index contributed by atoms with van der Waals surface area (Å²) in [4.78, 5) is 23.9. The Morgan fingerprint density at radius 1 is 1.17 bits per heavy atom. The van der Waals surface area contributed by atoms with Crippen molar-refractivity contribution in [3.8, 4) is 17.0 Å². The number of sulfonamides is 1. The van der Waals surface area contributed by atoms with Gasteiger partial charge in [-0.1, -0.05) is 25.1 Å². The molecule has 4 rings (SSSR count). The average molecular weight is 511 g/mol. The SMILES string of the molecule is C[C@H](CO)N1C[C@H](C)[C@@H](CN(C)S(=O)(=O)c2ccccc2)Oc2ncc(-c3ccncc3)cc2C1=O. The van der Waals surface area contributed by atoms with Crippen LogP contribution in [0.3, 0.4) is 0 Å². The summed E-state index contributed by atoms with van der Waals surface area (Å²) < 4.78 is 33.8. The maximum absolute atomic E-state index is 13.6. The molecule has 0 unspecified atom stereocenters. The number of carbonyl (C=O) groups excluding carboxylic acids is 1. The Bertz CT molecular complexity index is 1300. The van der Waals surface area contributed by atoms with E-state index in [2.05, 4.69) is 9.97 Å². The third-order valence-corrected chi connectivity index (χ3v) is 8.26. The lowest BCUT2D eigenvalue weighted by Gasteiger charge is -2.37. The Hall–Kier alpha value is -3.34. The molecule has 36 heavy (non-hydrogen) atoms. The molecule has 0 aliphatic carbocycles. The van der Waals surface area contributed by atoms with Crippen LogP contribution in [0.4, 0.5) is 0 Å². The molecule has 190 valence electrons. The second-order valence-electron chi connectivity index (χ2n) is 9.03. The Morgan fingerprint density at radius 2 is 1.86 bits per heavy atom. The van der Waals surface area contributed by atoms with Crippen LogP contribution in [0.25, 0.3) is 11.1 Å². The van der Waals surface area contributed by atoms with Gasteiger partial charge in [-0.25, -0.2) is 13.4 Å². The maximum atomic E-state index is 13.6. The highest BCUT2D eigenvalue weighted by Gasteiger charge is 2.36. The van der Waals surface area contributed by atoms with Crippen molar-refractivity contribution in [1.29, 1.82) is 0 Å². The van der Waals surface area contributed by atoms with Crippen molar-refractivity contribution in [2.24, 2.45) is 5.92 Å². The molecule has 0 spiro atoms. The molecule has 1 aromatic carbocycles. The third-order valence-electron chi connectivity index (χ3n) is 6.42. The number of pyridine rings is 2. The zero-order valence-electron chi connectivity index (χ0n) is 20.5. The monoisotopic (exact) mass is 510 g/mol. The Kier molecular flexibility index (Phi) is 7.67. The normalized spacial score (nSPS) is 19.2. The maximum Gasteiger partial charge on any atom is 0.259 e. The minimum atomic E-state index is -3.74. The number of aliphatic hydroxyl groups excluding tert-OH is 1. The van der Waals surface area contributed by atoms with Crippen LogP contribution in [0, 0.1) is 5.92 Å². The lowest BCUT2D eigenvalue weighted by Crippen LogP contribution is -2.50. The fraction of sp³-hybridized carbons (Fsp3) is 0.346. The van der Waals surface area contributed by atoms with Gasteiger partial charge < -0.3 is 14.7 Å². The van der Waals surface area contributed by atoms with Crippen LogP contribution < -0.4 is 4.74 Å². The zero-order valence-corrected chi connectivity index (χ0v) is 21.3. The molecular weight excluding hydrogens is 480 g/mol. The second-order valence-corrected chi connectivity index (χ2v) is 11.1. The number of aromatic nitrogens is 2. The molecular formula is C26H30N4O5S. The first kappa shape index (κ1) is 25.7. The molecule has 1 amide bonds. The molecule has 0 saturated heterocycles. The highest BCUT2D eigenvalue weighted by molar-refractivity contribution is 7.89. The van der Waals surface area contributed by atoms with Crippen LogP contribution in [0.15, 0.2) is 72.0 Å². The van der Waals surface area contributed by atoms with E-state index in [1.807, 2.05) is 19.1 Å². The lowest BCUT2D eigenvalue weighted by molar-refractivity contribution is 0.0373. The number of carbonyl (C=O) groups is 1. The third kappa shape index (κ3) is 5.25. The standard InChI is InChI=1S/C26H30N4O5S/c1-18-15-30(19(2)17-31)26(32)23-13-21(20-9-11-27-12-10-20)14-28-25(23)35-24(18)16-29(3)36(33,34)22-7-5-4-6-8-22/h4-14,18-19,24,31H,15-17H2,1-3H3/t18-,19+,24+/m0/s1. The number of likely N-dealkylation sites (N-methyl/N-ethyl adjacent to an activating group) is 1. The van der Waals surface area contributed by atoms with Gasteiger partial charge in [-0.05, 0) is 42.8 Å². The number of amides is 1. The first-order valence-electron chi connectivity index (χ1n) is 11.7. The second kappa shape index (κ2) is 10.7. The molecule has 3 heterocycles. The van der Waals surface area contributed by atoms with E-state index in [9.17, 15) is 18.3 Å². The number of fused-ring (bicyclic) bond motifs is 1. The predicted molar refractivity (Wildman–Crippen MR) is 135 cm³/mol. The summed E-state index contributed by atoms with van der Waals surface area (Å²) in [5, 5.41) is 9.84. The highest BCUT2D eigenvalue weighted by Crippen LogP contribution is 2.30. The summed E-state index contributed by atoms with van der Waals surface area (Å²) in [7, 11) is -2.23. The molecule has 1 aliphatic rings. The van der Waals surface area contributed by atoms with Gasteiger partial charge in [0.05, 0.1) is 24.1 Å². The summed E-state index contributed by atoms with van der Waals surface area (Å²) in [5.74, 6) is -0.410. The molecule has 0 fully saturated rings. The van der Waals surface area contributed by atoms with Crippen molar-refractivity contribution in [3.63, 3.8) is 0 Å². The molecule has 10 heteroatoms. The first-order chi connectivity index (χ1) is 17.2. The number of aliphatic hydroxyl groups is 1.